The predicted octanol–water partition coefficient (Wildman–Crippen LogP) is 0.159. The largest absolute Gasteiger partial charge is 0.354 e. The Bertz CT molecular complexity index is 353. The summed E-state index contributed by atoms with van der Waals surface area (Å²) in [7, 11) is 1.89. The summed E-state index contributed by atoms with van der Waals surface area (Å²) in [6, 6.07) is 1.55. The zero-order valence-corrected chi connectivity index (χ0v) is 11.2. The Balaban J connectivity index is 2.22. The van der Waals surface area contributed by atoms with Crippen LogP contribution in [0.2, 0.25) is 0 Å². The summed E-state index contributed by atoms with van der Waals surface area (Å²) in [6.45, 7) is 0.603. The summed E-state index contributed by atoms with van der Waals surface area (Å²) in [4.78, 5) is 11.6. The summed E-state index contributed by atoms with van der Waals surface area (Å²) in [6.07, 6.45) is 5.25. The monoisotopic (exact) mass is 256 g/mol. The fourth-order valence-electron chi connectivity index (χ4n) is 1.47. The molecule has 1 amide bonds. The van der Waals surface area contributed by atoms with Gasteiger partial charge in [0.1, 0.15) is 0 Å². The highest BCUT2D eigenvalue weighted by atomic mass is 32.2. The van der Waals surface area contributed by atoms with Crippen molar-refractivity contribution in [3.8, 4) is 0 Å². The molecule has 17 heavy (non-hydrogen) atoms. The van der Waals surface area contributed by atoms with Gasteiger partial charge in [0.05, 0.1) is 6.04 Å². The maximum absolute atomic E-state index is 11.6. The van der Waals surface area contributed by atoms with E-state index in [-0.39, 0.29) is 5.91 Å². The van der Waals surface area contributed by atoms with E-state index in [1.165, 1.54) is 0 Å². The number of rotatable bonds is 7. The highest BCUT2D eigenvalue weighted by Gasteiger charge is 2.12. The molecule has 3 N–H and O–H groups in total. The molecule has 1 rings (SSSR count). The van der Waals surface area contributed by atoms with Crippen LogP contribution in [0, 0.1) is 0 Å². The van der Waals surface area contributed by atoms with E-state index in [4.69, 9.17) is 5.73 Å². The van der Waals surface area contributed by atoms with Gasteiger partial charge in [-0.3, -0.25) is 9.48 Å². The molecule has 5 nitrogen and oxygen atoms in total. The number of nitrogens with one attached hydrogen (secondary N) is 1. The number of thioether (sulfide) groups is 1. The zero-order valence-electron chi connectivity index (χ0n) is 10.3. The molecule has 1 heterocycles. The van der Waals surface area contributed by atoms with Crippen molar-refractivity contribution in [3.63, 3.8) is 0 Å². The first kappa shape index (κ1) is 14.1. The maximum Gasteiger partial charge on any atom is 0.236 e. The number of hydrogen-bond acceptors (Lipinski definition) is 4. The van der Waals surface area contributed by atoms with Gasteiger partial charge in [-0.2, -0.15) is 16.9 Å². The number of amides is 1. The molecule has 1 aromatic rings. The average molecular weight is 256 g/mol. The second-order valence-corrected chi connectivity index (χ2v) is 4.86. The Morgan fingerprint density at radius 2 is 2.47 bits per heavy atom. The lowest BCUT2D eigenvalue weighted by atomic mass is 10.2. The van der Waals surface area contributed by atoms with Gasteiger partial charge in [0.2, 0.25) is 5.91 Å². The molecule has 0 radical (unpaired) electrons. The lowest BCUT2D eigenvalue weighted by molar-refractivity contribution is -0.122. The predicted molar refractivity (Wildman–Crippen MR) is 70.9 cm³/mol. The maximum atomic E-state index is 11.6. The van der Waals surface area contributed by atoms with Crippen LogP contribution < -0.4 is 11.1 Å². The van der Waals surface area contributed by atoms with Gasteiger partial charge in [0, 0.05) is 31.9 Å². The van der Waals surface area contributed by atoms with Crippen LogP contribution >= 0.6 is 11.8 Å². The molecular formula is C11H20N4OS. The van der Waals surface area contributed by atoms with E-state index in [0.29, 0.717) is 6.54 Å². The first-order chi connectivity index (χ1) is 8.15. The Kier molecular flexibility index (Phi) is 6.07. The van der Waals surface area contributed by atoms with Crippen molar-refractivity contribution in [1.29, 1.82) is 0 Å². The molecule has 0 aliphatic heterocycles. The van der Waals surface area contributed by atoms with Crippen molar-refractivity contribution in [2.45, 2.75) is 18.9 Å². The number of nitrogens with two attached hydrogens (primary N) is 1. The molecule has 0 bridgehead atoms. The van der Waals surface area contributed by atoms with E-state index in [1.54, 1.807) is 22.6 Å². The molecule has 0 saturated carbocycles. The van der Waals surface area contributed by atoms with Crippen molar-refractivity contribution < 1.29 is 4.79 Å². The quantitative estimate of drug-likeness (QED) is 0.729. The molecule has 0 aliphatic rings. The molecule has 1 atom stereocenters. The number of nitrogens with zero attached hydrogens (tertiary/aromatic N) is 2. The third-order valence-electron chi connectivity index (χ3n) is 2.57. The van der Waals surface area contributed by atoms with Crippen LogP contribution in [0.25, 0.3) is 0 Å². The highest BCUT2D eigenvalue weighted by molar-refractivity contribution is 7.98. The van der Waals surface area contributed by atoms with Crippen molar-refractivity contribution >= 4 is 17.7 Å². The van der Waals surface area contributed by atoms with Crippen molar-refractivity contribution in [2.75, 3.05) is 18.6 Å². The Hall–Kier alpha value is -1.01. The minimum Gasteiger partial charge on any atom is -0.354 e. The van der Waals surface area contributed by atoms with Crippen LogP contribution in [0.1, 0.15) is 12.1 Å². The van der Waals surface area contributed by atoms with Gasteiger partial charge in [-0.25, -0.2) is 0 Å². The van der Waals surface area contributed by atoms with E-state index in [2.05, 4.69) is 10.4 Å². The fraction of sp³-hybridized carbons (Fsp3) is 0.636. The normalized spacial score (nSPS) is 12.4. The molecule has 1 aromatic heterocycles. The Morgan fingerprint density at radius 3 is 3.06 bits per heavy atom. The van der Waals surface area contributed by atoms with Gasteiger partial charge in [0.15, 0.2) is 0 Å². The molecular weight excluding hydrogens is 236 g/mol. The summed E-state index contributed by atoms with van der Waals surface area (Å²) in [5.41, 5.74) is 6.85. The molecule has 0 unspecified atom stereocenters. The van der Waals surface area contributed by atoms with Crippen LogP contribution in [-0.2, 0) is 18.3 Å². The third kappa shape index (κ3) is 4.79. The standard InChI is InChI=1S/C11H20N4OS/c1-15-9(4-7-14-15)3-6-13-11(16)10(12)5-8-17-2/h4,7,10H,3,5-6,8,12H2,1-2H3,(H,13,16)/t10-/m1/s1. The number of hydrogen-bond donors (Lipinski definition) is 2. The van der Waals surface area contributed by atoms with Crippen molar-refractivity contribution in [2.24, 2.45) is 12.8 Å². The molecule has 0 aliphatic carbocycles. The van der Waals surface area contributed by atoms with Crippen molar-refractivity contribution in [1.82, 2.24) is 15.1 Å². The first-order valence-corrected chi connectivity index (χ1v) is 7.03. The van der Waals surface area contributed by atoms with Gasteiger partial charge in [0.25, 0.3) is 0 Å². The number of aryl methyl sites for hydroxylation is 1. The molecule has 96 valence electrons. The van der Waals surface area contributed by atoms with E-state index in [0.717, 1.165) is 24.3 Å². The third-order valence-corrected chi connectivity index (χ3v) is 3.22. The van der Waals surface area contributed by atoms with Crippen LogP contribution in [0.5, 0.6) is 0 Å². The van der Waals surface area contributed by atoms with Gasteiger partial charge in [-0.1, -0.05) is 0 Å². The lowest BCUT2D eigenvalue weighted by Crippen LogP contribution is -2.41. The lowest BCUT2D eigenvalue weighted by Gasteiger charge is -2.11. The molecule has 6 heteroatoms. The van der Waals surface area contributed by atoms with Gasteiger partial charge < -0.3 is 11.1 Å². The first-order valence-electron chi connectivity index (χ1n) is 5.64. The minimum atomic E-state index is -0.394. The second-order valence-electron chi connectivity index (χ2n) is 3.88. The van der Waals surface area contributed by atoms with Crippen LogP contribution in [0.4, 0.5) is 0 Å². The molecule has 0 saturated heterocycles. The van der Waals surface area contributed by atoms with E-state index in [1.807, 2.05) is 19.4 Å². The van der Waals surface area contributed by atoms with E-state index < -0.39 is 6.04 Å². The summed E-state index contributed by atoms with van der Waals surface area (Å²) in [5.74, 6) is 0.845. The minimum absolute atomic E-state index is 0.0683. The molecule has 0 spiro atoms. The number of carbonyl (C=O) groups is 1. The average Bonchev–Trinajstić information content (AvgIpc) is 2.72. The molecule has 0 fully saturated rings. The van der Waals surface area contributed by atoms with Gasteiger partial charge in [-0.05, 0) is 24.5 Å². The van der Waals surface area contributed by atoms with E-state index >= 15 is 0 Å². The number of aromatic nitrogens is 2. The summed E-state index contributed by atoms with van der Waals surface area (Å²) < 4.78 is 1.81. The van der Waals surface area contributed by atoms with Crippen LogP contribution in [0.15, 0.2) is 12.3 Å². The van der Waals surface area contributed by atoms with E-state index in [9.17, 15) is 4.79 Å². The van der Waals surface area contributed by atoms with Gasteiger partial charge in [-0.15, -0.1) is 0 Å². The smallest absolute Gasteiger partial charge is 0.236 e. The highest BCUT2D eigenvalue weighted by Crippen LogP contribution is 1.99. The second kappa shape index (κ2) is 7.34. The van der Waals surface area contributed by atoms with Gasteiger partial charge >= 0.3 is 0 Å². The summed E-state index contributed by atoms with van der Waals surface area (Å²) >= 11 is 1.70. The zero-order chi connectivity index (χ0) is 12.7. The fourth-order valence-corrected chi connectivity index (χ4v) is 1.96. The van der Waals surface area contributed by atoms with Crippen LogP contribution in [-0.4, -0.2) is 40.3 Å². The molecule has 0 aromatic carbocycles. The topological polar surface area (TPSA) is 72.9 Å². The Morgan fingerprint density at radius 1 is 1.71 bits per heavy atom. The van der Waals surface area contributed by atoms with Crippen LogP contribution in [0.3, 0.4) is 0 Å². The van der Waals surface area contributed by atoms with Crippen molar-refractivity contribution in [3.05, 3.63) is 18.0 Å². The number of carbonyl (C=O) groups excluding carboxylic acids is 1. The SMILES string of the molecule is CSCC[C@@H](N)C(=O)NCCc1ccnn1C. The summed E-state index contributed by atoms with van der Waals surface area (Å²) in [5, 5.41) is 6.91. The Labute approximate surface area is 106 Å².